The number of benzene rings is 1. The van der Waals surface area contributed by atoms with Crippen LogP contribution in [0.1, 0.15) is 94.0 Å². The van der Waals surface area contributed by atoms with Crippen molar-refractivity contribution in [2.45, 2.75) is 82.5 Å². The van der Waals surface area contributed by atoms with Crippen LogP contribution in [0.3, 0.4) is 0 Å². The summed E-state index contributed by atoms with van der Waals surface area (Å²) < 4.78 is 74.3. The fourth-order valence-corrected chi connectivity index (χ4v) is 12.0. The zero-order valence-corrected chi connectivity index (χ0v) is 28.3. The summed E-state index contributed by atoms with van der Waals surface area (Å²) >= 11 is 0. The molecule has 0 N–H and O–H groups in total. The van der Waals surface area contributed by atoms with Gasteiger partial charge in [0, 0.05) is 40.6 Å². The maximum Gasteiger partial charge on any atom is 0.200 e. The molecular formula is C40H39F5FeN3-. The Hall–Kier alpha value is -3.03. The van der Waals surface area contributed by atoms with E-state index in [4.69, 9.17) is 9.98 Å². The molecule has 49 heavy (non-hydrogen) atoms. The summed E-state index contributed by atoms with van der Waals surface area (Å²) in [6.07, 6.45) is 21.0. The average Bonchev–Trinajstić information content (AvgIpc) is 3.77. The molecule has 0 saturated heterocycles. The van der Waals surface area contributed by atoms with Crippen LogP contribution in [0.25, 0.3) is 5.57 Å². The predicted octanol–water partition coefficient (Wildman–Crippen LogP) is 9.87. The van der Waals surface area contributed by atoms with Crippen LogP contribution in [0.5, 0.6) is 0 Å². The molecule has 0 atom stereocenters. The van der Waals surface area contributed by atoms with E-state index in [2.05, 4.69) is 4.98 Å². The maximum absolute atomic E-state index is 15.5. The molecule has 0 unspecified atom stereocenters. The molecule has 8 bridgehead atoms. The maximum atomic E-state index is 15.5. The zero-order chi connectivity index (χ0) is 32.8. The molecule has 3 aromatic rings. The second-order valence-electron chi connectivity index (χ2n) is 16.2. The number of aliphatic imine (C=N–C) groups is 1. The summed E-state index contributed by atoms with van der Waals surface area (Å²) in [7, 11) is 0. The average molecular weight is 713 g/mol. The van der Waals surface area contributed by atoms with E-state index in [-0.39, 0.29) is 44.9 Å². The molecule has 2 aromatic heterocycles. The summed E-state index contributed by atoms with van der Waals surface area (Å²) in [5, 5.41) is 0. The Morgan fingerprint density at radius 3 is 1.51 bits per heavy atom. The predicted molar refractivity (Wildman–Crippen MR) is 173 cm³/mol. The van der Waals surface area contributed by atoms with Gasteiger partial charge in [0.1, 0.15) is 0 Å². The molecule has 8 saturated carbocycles. The van der Waals surface area contributed by atoms with Crippen molar-refractivity contribution in [2.24, 2.45) is 45.9 Å². The van der Waals surface area contributed by atoms with Crippen LogP contribution in [0.4, 0.5) is 22.0 Å². The molecule has 258 valence electrons. The summed E-state index contributed by atoms with van der Waals surface area (Å²) in [4.78, 5) is 13.7. The molecule has 0 amide bonds. The van der Waals surface area contributed by atoms with Crippen molar-refractivity contribution >= 4 is 11.3 Å². The molecule has 9 heteroatoms. The van der Waals surface area contributed by atoms with Crippen molar-refractivity contribution in [3.8, 4) is 0 Å². The van der Waals surface area contributed by atoms with Gasteiger partial charge in [-0.05, 0) is 148 Å². The van der Waals surface area contributed by atoms with Crippen molar-refractivity contribution < 1.29 is 39.0 Å². The first-order chi connectivity index (χ1) is 23.2. The number of hydrogen-bond donors (Lipinski definition) is 0. The van der Waals surface area contributed by atoms with Gasteiger partial charge in [-0.1, -0.05) is 18.2 Å². The minimum Gasteiger partial charge on any atom is -0.660 e. The van der Waals surface area contributed by atoms with Gasteiger partial charge in [0.2, 0.25) is 5.82 Å². The molecular weight excluding hydrogens is 673 g/mol. The summed E-state index contributed by atoms with van der Waals surface area (Å²) in [5.41, 5.74) is 1.08. The first-order valence-electron chi connectivity index (χ1n) is 17.7. The van der Waals surface area contributed by atoms with Gasteiger partial charge in [-0.25, -0.2) is 22.0 Å². The molecule has 8 fully saturated rings. The van der Waals surface area contributed by atoms with E-state index in [9.17, 15) is 13.2 Å². The van der Waals surface area contributed by atoms with Crippen LogP contribution in [0.2, 0.25) is 0 Å². The number of hydrogen-bond acceptors (Lipinski definition) is 2. The zero-order valence-electron chi connectivity index (χ0n) is 27.2. The van der Waals surface area contributed by atoms with Crippen LogP contribution >= 0.6 is 0 Å². The van der Waals surface area contributed by atoms with Gasteiger partial charge in [0.05, 0.1) is 11.3 Å². The summed E-state index contributed by atoms with van der Waals surface area (Å²) in [5.74, 6) is -5.65. The molecule has 3 heterocycles. The number of rotatable bonds is 4. The van der Waals surface area contributed by atoms with Crippen LogP contribution in [0, 0.1) is 70.0 Å². The topological polar surface area (TPSA) is 39.4 Å². The largest absolute Gasteiger partial charge is 0.660 e. The van der Waals surface area contributed by atoms with Crippen molar-refractivity contribution in [1.82, 2.24) is 9.97 Å². The quantitative estimate of drug-likeness (QED) is 0.117. The van der Waals surface area contributed by atoms with E-state index in [1.54, 1.807) is 24.5 Å². The Labute approximate surface area is 294 Å². The first-order valence-corrected chi connectivity index (χ1v) is 17.7. The number of allylic oxidation sites excluding steroid dienone is 2. The number of nitrogens with zero attached hydrogens (tertiary/aromatic N) is 3. The van der Waals surface area contributed by atoms with Crippen molar-refractivity contribution in [3.63, 3.8) is 0 Å². The SMILES string of the molecule is Fc1c(F)c(F)c(/C(=C2\C=CC(C34CC5CC(CC(C5)C3)C4)=N2)c2ccc(C34CC5CC(CC(C5)C3)C4)[n-]2)c(F)c1F.[Fe].c1ccncc1. The molecule has 12 rings (SSSR count). The van der Waals surface area contributed by atoms with Crippen LogP contribution < -0.4 is 4.98 Å². The standard InChI is InChI=1S/C35H34F5N2.C5H5N.Fe/c36-29-28(30(37)32(39)33(40)31(29)38)27(23-1-3-25(41-23)34-11-17-5-18(12-34)7-19(6-17)13-34)24-2-4-26(42-24)35-14-20-8-21(15-35)10-22(9-20)16-35;1-2-4-6-5-3-1;/h1-4,17-22H,5-16H2;1-5H;/q-1;;/b27-23+;;. The normalized spacial score (nSPS) is 35.6. The van der Waals surface area contributed by atoms with E-state index in [1.807, 2.05) is 30.3 Å². The fourth-order valence-electron chi connectivity index (χ4n) is 12.0. The van der Waals surface area contributed by atoms with Crippen LogP contribution in [-0.4, -0.2) is 10.7 Å². The van der Waals surface area contributed by atoms with E-state index in [1.165, 1.54) is 38.5 Å². The van der Waals surface area contributed by atoms with Gasteiger partial charge in [0.15, 0.2) is 23.3 Å². The Bertz CT molecular complexity index is 1730. The van der Waals surface area contributed by atoms with Gasteiger partial charge >= 0.3 is 0 Å². The number of aromatic nitrogens is 2. The Morgan fingerprint density at radius 2 is 1.06 bits per heavy atom. The van der Waals surface area contributed by atoms with Crippen molar-refractivity contribution in [1.29, 1.82) is 0 Å². The third-order valence-corrected chi connectivity index (χ3v) is 13.0. The molecule has 3 nitrogen and oxygen atoms in total. The molecule has 1 aromatic carbocycles. The third kappa shape index (κ3) is 5.49. The minimum absolute atomic E-state index is 0. The van der Waals surface area contributed by atoms with E-state index >= 15 is 8.78 Å². The Morgan fingerprint density at radius 1 is 0.592 bits per heavy atom. The van der Waals surface area contributed by atoms with Gasteiger partial charge in [-0.2, -0.15) is 5.69 Å². The second-order valence-corrected chi connectivity index (χ2v) is 16.2. The third-order valence-electron chi connectivity index (χ3n) is 13.0. The number of halogens is 5. The van der Waals surface area contributed by atoms with Crippen LogP contribution in [0.15, 0.2) is 65.6 Å². The second kappa shape index (κ2) is 12.3. The summed E-state index contributed by atoms with van der Waals surface area (Å²) in [6.45, 7) is 0. The van der Waals surface area contributed by atoms with Gasteiger partial charge in [-0.15, -0.1) is 5.69 Å². The Balaban J connectivity index is 0.000000453. The van der Waals surface area contributed by atoms with Crippen molar-refractivity contribution in [2.75, 3.05) is 0 Å². The van der Waals surface area contributed by atoms with Crippen LogP contribution in [-0.2, 0) is 22.5 Å². The fraction of sp³-hybridized carbons (Fsp3) is 0.500. The van der Waals surface area contributed by atoms with Gasteiger partial charge in [-0.3, -0.25) is 9.98 Å². The number of pyridine rings is 1. The molecule has 0 spiro atoms. The summed E-state index contributed by atoms with van der Waals surface area (Å²) in [6, 6.07) is 9.35. The molecule has 0 radical (unpaired) electrons. The van der Waals surface area contributed by atoms with E-state index in [0.29, 0.717) is 35.5 Å². The van der Waals surface area contributed by atoms with Crippen molar-refractivity contribution in [3.05, 3.63) is 107 Å². The first kappa shape index (κ1) is 33.1. The molecule has 9 aliphatic rings. The van der Waals surface area contributed by atoms with Gasteiger partial charge in [0.25, 0.3) is 0 Å². The van der Waals surface area contributed by atoms with E-state index in [0.717, 1.165) is 49.9 Å². The van der Waals surface area contributed by atoms with Gasteiger partial charge < -0.3 is 4.98 Å². The smallest absolute Gasteiger partial charge is 0.200 e. The molecule has 8 aliphatic carbocycles. The minimum atomic E-state index is -2.15. The Kier molecular flexibility index (Phi) is 8.34. The molecule has 1 aliphatic heterocycles. The van der Waals surface area contributed by atoms with E-state index < -0.39 is 34.6 Å². The monoisotopic (exact) mass is 712 g/mol.